The Hall–Kier alpha value is -4.00. The van der Waals surface area contributed by atoms with Crippen molar-refractivity contribution in [1.29, 1.82) is 0 Å². The van der Waals surface area contributed by atoms with E-state index in [1.54, 1.807) is 17.7 Å². The van der Waals surface area contributed by atoms with E-state index < -0.39 is 5.41 Å². The third-order valence-corrected chi connectivity index (χ3v) is 5.44. The van der Waals surface area contributed by atoms with Crippen molar-refractivity contribution in [2.75, 3.05) is 14.2 Å². The van der Waals surface area contributed by atoms with Crippen LogP contribution in [0.1, 0.15) is 31.1 Å². The Bertz CT molecular complexity index is 1280. The third-order valence-electron chi connectivity index (χ3n) is 5.44. The number of aromatic hydroxyl groups is 1. The molecule has 1 N–H and O–H groups in total. The van der Waals surface area contributed by atoms with Crippen molar-refractivity contribution in [3.63, 3.8) is 0 Å². The van der Waals surface area contributed by atoms with Crippen LogP contribution in [0.3, 0.4) is 0 Å². The maximum absolute atomic E-state index is 13.6. The summed E-state index contributed by atoms with van der Waals surface area (Å²) >= 11 is 0. The summed E-state index contributed by atoms with van der Waals surface area (Å²) in [7, 11) is 3.01. The molecule has 33 heavy (non-hydrogen) atoms. The Balaban J connectivity index is 2.03. The van der Waals surface area contributed by atoms with Gasteiger partial charge in [0.15, 0.2) is 11.5 Å². The van der Waals surface area contributed by atoms with Gasteiger partial charge in [0.05, 0.1) is 25.5 Å². The van der Waals surface area contributed by atoms with E-state index in [0.29, 0.717) is 34.0 Å². The van der Waals surface area contributed by atoms with E-state index in [2.05, 4.69) is 5.16 Å². The zero-order valence-electron chi connectivity index (χ0n) is 19.2. The largest absolute Gasteiger partial charge is 0.496 e. The van der Waals surface area contributed by atoms with Crippen molar-refractivity contribution in [3.05, 3.63) is 66.4 Å². The van der Waals surface area contributed by atoms with Crippen molar-refractivity contribution in [1.82, 2.24) is 9.72 Å². The van der Waals surface area contributed by atoms with Crippen molar-refractivity contribution < 1.29 is 23.9 Å². The van der Waals surface area contributed by atoms with Crippen LogP contribution in [0.2, 0.25) is 0 Å². The predicted molar refractivity (Wildman–Crippen MR) is 125 cm³/mol. The lowest BCUT2D eigenvalue weighted by Gasteiger charge is -2.19. The van der Waals surface area contributed by atoms with Crippen LogP contribution in [-0.4, -0.2) is 34.8 Å². The number of carbonyl (C=O) groups excluding carboxylic acids is 1. The summed E-state index contributed by atoms with van der Waals surface area (Å²) in [5.41, 5.74) is 2.95. The van der Waals surface area contributed by atoms with E-state index >= 15 is 0 Å². The fourth-order valence-electron chi connectivity index (χ4n) is 3.81. The maximum atomic E-state index is 13.6. The highest BCUT2D eigenvalue weighted by molar-refractivity contribution is 6.09. The molecule has 0 unspecified atom stereocenters. The van der Waals surface area contributed by atoms with Crippen LogP contribution >= 0.6 is 0 Å². The van der Waals surface area contributed by atoms with E-state index in [0.717, 1.165) is 5.56 Å². The lowest BCUT2D eigenvalue weighted by Crippen LogP contribution is -2.21. The molecule has 4 aromatic rings. The first-order chi connectivity index (χ1) is 15.8. The fraction of sp³-hybridized carbons (Fsp3) is 0.231. The summed E-state index contributed by atoms with van der Waals surface area (Å²) in [5.74, 6) is 0.367. The molecule has 7 heteroatoms. The molecule has 2 heterocycles. The van der Waals surface area contributed by atoms with Gasteiger partial charge in [0.2, 0.25) is 5.88 Å². The number of hydrogen-bond acceptors (Lipinski definition) is 6. The lowest BCUT2D eigenvalue weighted by atomic mass is 9.85. The molecule has 0 saturated carbocycles. The van der Waals surface area contributed by atoms with Crippen LogP contribution in [0, 0.1) is 5.41 Å². The molecule has 0 fully saturated rings. The molecule has 0 saturated heterocycles. The summed E-state index contributed by atoms with van der Waals surface area (Å²) in [4.78, 5) is 13.6. The summed E-state index contributed by atoms with van der Waals surface area (Å²) in [6, 6.07) is 16.6. The average Bonchev–Trinajstić information content (AvgIpc) is 3.44. The zero-order chi connectivity index (χ0) is 23.8. The summed E-state index contributed by atoms with van der Waals surface area (Å²) in [5, 5.41) is 15.2. The normalized spacial score (nSPS) is 11.4. The number of para-hydroxylation sites is 1. The van der Waals surface area contributed by atoms with Gasteiger partial charge in [-0.3, -0.25) is 9.36 Å². The van der Waals surface area contributed by atoms with E-state index in [9.17, 15) is 9.90 Å². The number of ether oxygens (including phenoxy) is 2. The van der Waals surface area contributed by atoms with Gasteiger partial charge in [-0.2, -0.15) is 0 Å². The number of rotatable bonds is 6. The molecule has 2 aromatic carbocycles. The van der Waals surface area contributed by atoms with Crippen LogP contribution in [0.5, 0.6) is 17.4 Å². The van der Waals surface area contributed by atoms with Gasteiger partial charge in [-0.15, -0.1) is 0 Å². The second-order valence-corrected chi connectivity index (χ2v) is 8.63. The summed E-state index contributed by atoms with van der Waals surface area (Å²) in [6.45, 7) is 5.51. The standard InChI is InChI=1S/C26H26N2O5/c1-26(2,3)24(29)21-22(18-8-6-7-9-20(18)31-4)28(25(30)23(21)32-5)17-12-10-16(11-13-17)19-14-15-33-27-19/h6-15,30H,1-5H3. The molecule has 7 nitrogen and oxygen atoms in total. The third kappa shape index (κ3) is 3.86. The highest BCUT2D eigenvalue weighted by Gasteiger charge is 2.36. The van der Waals surface area contributed by atoms with Crippen molar-refractivity contribution in [2.45, 2.75) is 20.8 Å². The Morgan fingerprint density at radius 1 is 1.00 bits per heavy atom. The minimum Gasteiger partial charge on any atom is -0.496 e. The van der Waals surface area contributed by atoms with Crippen LogP contribution in [-0.2, 0) is 0 Å². The van der Waals surface area contributed by atoms with Gasteiger partial charge in [0, 0.05) is 28.3 Å². The van der Waals surface area contributed by atoms with Crippen molar-refractivity contribution >= 4 is 5.78 Å². The quantitative estimate of drug-likeness (QED) is 0.380. The number of ketones is 1. The second-order valence-electron chi connectivity index (χ2n) is 8.63. The van der Waals surface area contributed by atoms with Gasteiger partial charge < -0.3 is 19.1 Å². The van der Waals surface area contributed by atoms with Crippen LogP contribution in [0.4, 0.5) is 0 Å². The second kappa shape index (κ2) is 8.50. The van der Waals surface area contributed by atoms with E-state index in [-0.39, 0.29) is 17.4 Å². The van der Waals surface area contributed by atoms with E-state index in [4.69, 9.17) is 14.0 Å². The molecular formula is C26H26N2O5. The summed E-state index contributed by atoms with van der Waals surface area (Å²) in [6.07, 6.45) is 1.51. The minimum absolute atomic E-state index is 0.122. The number of hydrogen-bond donors (Lipinski definition) is 1. The molecule has 0 aliphatic heterocycles. The zero-order valence-corrected chi connectivity index (χ0v) is 19.2. The van der Waals surface area contributed by atoms with Crippen LogP contribution in [0.25, 0.3) is 28.2 Å². The number of aromatic nitrogens is 2. The summed E-state index contributed by atoms with van der Waals surface area (Å²) < 4.78 is 17.7. The molecule has 0 aliphatic carbocycles. The topological polar surface area (TPSA) is 86.7 Å². The molecule has 0 amide bonds. The monoisotopic (exact) mass is 446 g/mol. The van der Waals surface area contributed by atoms with Gasteiger partial charge in [0.1, 0.15) is 17.7 Å². The molecule has 0 atom stereocenters. The van der Waals surface area contributed by atoms with Crippen LogP contribution < -0.4 is 9.47 Å². The lowest BCUT2D eigenvalue weighted by molar-refractivity contribution is 0.0856. The first-order valence-corrected chi connectivity index (χ1v) is 10.5. The highest BCUT2D eigenvalue weighted by atomic mass is 16.5. The molecule has 2 aromatic heterocycles. The number of Topliss-reactive ketones (excluding diaryl/α,β-unsaturated/α-hetero) is 1. The highest BCUT2D eigenvalue weighted by Crippen LogP contribution is 2.48. The van der Waals surface area contributed by atoms with Gasteiger partial charge in [-0.1, -0.05) is 50.2 Å². The Morgan fingerprint density at radius 2 is 1.70 bits per heavy atom. The number of nitrogens with zero attached hydrogens (tertiary/aromatic N) is 2. The maximum Gasteiger partial charge on any atom is 0.240 e. The van der Waals surface area contributed by atoms with Gasteiger partial charge in [-0.05, 0) is 24.3 Å². The smallest absolute Gasteiger partial charge is 0.240 e. The van der Waals surface area contributed by atoms with Gasteiger partial charge >= 0.3 is 0 Å². The SMILES string of the molecule is COc1ccccc1-c1c(C(=O)C(C)(C)C)c(OC)c(O)n1-c1ccc(-c2ccon2)cc1. The molecule has 170 valence electrons. The Kier molecular flexibility index (Phi) is 5.72. The molecule has 0 aliphatic rings. The average molecular weight is 447 g/mol. The van der Waals surface area contributed by atoms with Gasteiger partial charge in [0.25, 0.3) is 0 Å². The first kappa shape index (κ1) is 22.2. The number of methoxy groups -OCH3 is 2. The Morgan fingerprint density at radius 3 is 2.27 bits per heavy atom. The molecule has 0 radical (unpaired) electrons. The molecular weight excluding hydrogens is 420 g/mol. The minimum atomic E-state index is -0.709. The predicted octanol–water partition coefficient (Wildman–Crippen LogP) is 5.75. The van der Waals surface area contributed by atoms with Crippen molar-refractivity contribution in [3.8, 4) is 45.6 Å². The van der Waals surface area contributed by atoms with E-state index in [1.807, 2.05) is 69.3 Å². The van der Waals surface area contributed by atoms with Gasteiger partial charge in [-0.25, -0.2) is 0 Å². The number of benzene rings is 2. The first-order valence-electron chi connectivity index (χ1n) is 10.5. The number of carbonyl (C=O) groups is 1. The van der Waals surface area contributed by atoms with Crippen LogP contribution in [0.15, 0.2) is 65.4 Å². The van der Waals surface area contributed by atoms with Crippen molar-refractivity contribution in [2.24, 2.45) is 5.41 Å². The fourth-order valence-corrected chi connectivity index (χ4v) is 3.81. The molecule has 0 spiro atoms. The Labute approximate surface area is 192 Å². The molecule has 4 rings (SSSR count). The molecule has 0 bridgehead atoms. The van der Waals surface area contributed by atoms with E-state index in [1.165, 1.54) is 13.4 Å².